The summed E-state index contributed by atoms with van der Waals surface area (Å²) in [7, 11) is 0. The number of imidazole rings is 1. The van der Waals surface area contributed by atoms with Gasteiger partial charge in [-0.1, -0.05) is 12.1 Å². The maximum atomic E-state index is 13.3. The van der Waals surface area contributed by atoms with Gasteiger partial charge in [0.05, 0.1) is 30.2 Å². The van der Waals surface area contributed by atoms with Crippen molar-refractivity contribution in [3.8, 4) is 11.1 Å². The molecule has 0 aliphatic heterocycles. The lowest BCUT2D eigenvalue weighted by atomic mass is 10.00. The molecule has 0 spiro atoms. The number of rotatable bonds is 9. The van der Waals surface area contributed by atoms with Crippen LogP contribution in [0.15, 0.2) is 36.4 Å². The number of nitrogens with one attached hydrogen (secondary N) is 1. The van der Waals surface area contributed by atoms with Crippen LogP contribution in [0.2, 0.25) is 0 Å². The molecule has 0 bridgehead atoms. The first-order valence-corrected chi connectivity index (χ1v) is 9.76. The molecule has 0 aliphatic carbocycles. The third kappa shape index (κ3) is 4.81. The van der Waals surface area contributed by atoms with Crippen LogP contribution in [0.1, 0.15) is 25.2 Å². The molecule has 6 nitrogen and oxygen atoms in total. The Bertz CT molecular complexity index is 998. The number of nitrogens with two attached hydrogens (primary N) is 1. The summed E-state index contributed by atoms with van der Waals surface area (Å²) in [6.07, 6.45) is 0. The molecule has 3 N–H and O–H groups in total. The molecule has 3 aromatic rings. The number of primary amides is 1. The van der Waals surface area contributed by atoms with Crippen LogP contribution in [0.5, 0.6) is 0 Å². The zero-order valence-electron chi connectivity index (χ0n) is 17.0. The van der Waals surface area contributed by atoms with Gasteiger partial charge in [0, 0.05) is 13.2 Å². The second kappa shape index (κ2) is 9.15. The zero-order valence-corrected chi connectivity index (χ0v) is 17.0. The van der Waals surface area contributed by atoms with Crippen molar-refractivity contribution in [2.24, 2.45) is 5.73 Å². The Morgan fingerprint density at radius 3 is 2.69 bits per heavy atom. The molecule has 1 aromatic heterocycles. The van der Waals surface area contributed by atoms with Crippen molar-refractivity contribution in [2.75, 3.05) is 13.2 Å². The fourth-order valence-corrected chi connectivity index (χ4v) is 3.30. The number of hydrogen-bond donors (Lipinski definition) is 2. The highest BCUT2D eigenvalue weighted by molar-refractivity contribution is 5.85. The van der Waals surface area contributed by atoms with Gasteiger partial charge >= 0.3 is 0 Å². The number of fused-ring (bicyclic) bond motifs is 1. The van der Waals surface area contributed by atoms with E-state index in [0.29, 0.717) is 26.3 Å². The lowest BCUT2D eigenvalue weighted by molar-refractivity contribution is -0.119. The highest BCUT2D eigenvalue weighted by atomic mass is 19.1. The van der Waals surface area contributed by atoms with Gasteiger partial charge in [-0.05, 0) is 61.7 Å². The summed E-state index contributed by atoms with van der Waals surface area (Å²) in [6.45, 7) is 7.95. The van der Waals surface area contributed by atoms with Crippen LogP contribution < -0.4 is 11.1 Å². The summed E-state index contributed by atoms with van der Waals surface area (Å²) in [5.41, 5.74) is 10.2. The van der Waals surface area contributed by atoms with Crippen molar-refractivity contribution < 1.29 is 13.9 Å². The molecule has 0 aliphatic rings. The molecule has 0 saturated heterocycles. The van der Waals surface area contributed by atoms with Crippen molar-refractivity contribution in [2.45, 2.75) is 39.9 Å². The molecule has 3 rings (SSSR count). The minimum absolute atomic E-state index is 0.258. The quantitative estimate of drug-likeness (QED) is 0.543. The molecule has 154 valence electrons. The van der Waals surface area contributed by atoms with E-state index in [0.717, 1.165) is 33.5 Å². The molecule has 2 aromatic carbocycles. The first-order chi connectivity index (χ1) is 13.9. The Labute approximate surface area is 169 Å². The minimum atomic E-state index is -0.452. The molecule has 0 saturated carbocycles. The average Bonchev–Trinajstić information content (AvgIpc) is 3.02. The highest BCUT2D eigenvalue weighted by Crippen LogP contribution is 2.29. The van der Waals surface area contributed by atoms with E-state index >= 15 is 0 Å². The Hall–Kier alpha value is -2.77. The van der Waals surface area contributed by atoms with E-state index in [1.165, 1.54) is 12.1 Å². The van der Waals surface area contributed by atoms with Gasteiger partial charge in [-0.2, -0.15) is 0 Å². The van der Waals surface area contributed by atoms with E-state index in [-0.39, 0.29) is 5.82 Å². The largest absolute Gasteiger partial charge is 0.380 e. The van der Waals surface area contributed by atoms with Gasteiger partial charge in [-0.3, -0.25) is 10.1 Å². The number of amides is 1. The molecule has 0 fully saturated rings. The fourth-order valence-electron chi connectivity index (χ4n) is 3.30. The number of halogens is 1. The Morgan fingerprint density at radius 1 is 1.31 bits per heavy atom. The minimum Gasteiger partial charge on any atom is -0.380 e. The summed E-state index contributed by atoms with van der Waals surface area (Å²) in [5, 5.41) is 3.12. The number of hydrogen-bond acceptors (Lipinski definition) is 4. The topological polar surface area (TPSA) is 82.2 Å². The number of carbonyl (C=O) groups is 1. The first kappa shape index (κ1) is 21.0. The molecule has 0 unspecified atom stereocenters. The lowest BCUT2D eigenvalue weighted by Crippen LogP contribution is -2.38. The van der Waals surface area contributed by atoms with Crippen molar-refractivity contribution in [3.63, 3.8) is 0 Å². The van der Waals surface area contributed by atoms with Crippen molar-refractivity contribution in [3.05, 3.63) is 53.6 Å². The molecule has 0 radical (unpaired) electrons. The van der Waals surface area contributed by atoms with E-state index in [1.54, 1.807) is 19.1 Å². The number of aromatic nitrogens is 2. The van der Waals surface area contributed by atoms with Gasteiger partial charge in [0.25, 0.3) is 0 Å². The van der Waals surface area contributed by atoms with Crippen LogP contribution in [-0.2, 0) is 22.6 Å². The van der Waals surface area contributed by atoms with Crippen LogP contribution in [0.4, 0.5) is 4.39 Å². The van der Waals surface area contributed by atoms with Gasteiger partial charge in [-0.15, -0.1) is 0 Å². The number of carbonyl (C=O) groups excluding carboxylic acids is 1. The Kier molecular flexibility index (Phi) is 6.61. The third-order valence-electron chi connectivity index (χ3n) is 4.99. The maximum Gasteiger partial charge on any atom is 0.234 e. The summed E-state index contributed by atoms with van der Waals surface area (Å²) >= 11 is 0. The van der Waals surface area contributed by atoms with E-state index < -0.39 is 11.9 Å². The molecule has 1 heterocycles. The second-order valence-corrected chi connectivity index (χ2v) is 7.04. The van der Waals surface area contributed by atoms with E-state index in [1.807, 2.05) is 19.9 Å². The lowest BCUT2D eigenvalue weighted by Gasteiger charge is -2.13. The van der Waals surface area contributed by atoms with Crippen LogP contribution in [0, 0.1) is 12.7 Å². The van der Waals surface area contributed by atoms with Gasteiger partial charge in [0.15, 0.2) is 0 Å². The van der Waals surface area contributed by atoms with E-state index in [2.05, 4.69) is 16.0 Å². The fraction of sp³-hybridized carbons (Fsp3) is 0.364. The van der Waals surface area contributed by atoms with Crippen LogP contribution in [0.25, 0.3) is 22.2 Å². The Balaban J connectivity index is 2.02. The normalized spacial score (nSPS) is 12.4. The Morgan fingerprint density at radius 2 is 2.03 bits per heavy atom. The standard InChI is InChI=1S/C22H27FN4O2/c1-4-29-10-9-27-20-12-18(16-5-7-17(23)8-6-16)14(2)11-19(20)26-21(27)13-25-15(3)22(24)28/h5-8,11-12,15,25H,4,9-10,13H2,1-3H3,(H2,24,28)/t15-/m0/s1. The van der Waals surface area contributed by atoms with E-state index in [9.17, 15) is 9.18 Å². The molecule has 29 heavy (non-hydrogen) atoms. The van der Waals surface area contributed by atoms with Crippen molar-refractivity contribution in [1.82, 2.24) is 14.9 Å². The number of aryl methyl sites for hydroxylation is 1. The van der Waals surface area contributed by atoms with Crippen LogP contribution in [-0.4, -0.2) is 34.7 Å². The third-order valence-corrected chi connectivity index (χ3v) is 4.99. The van der Waals surface area contributed by atoms with Crippen molar-refractivity contribution >= 4 is 16.9 Å². The summed E-state index contributed by atoms with van der Waals surface area (Å²) in [6, 6.07) is 10.1. The molecular formula is C22H27FN4O2. The summed E-state index contributed by atoms with van der Waals surface area (Å²) < 4.78 is 21.0. The monoisotopic (exact) mass is 398 g/mol. The summed E-state index contributed by atoms with van der Waals surface area (Å²) in [4.78, 5) is 16.1. The van der Waals surface area contributed by atoms with Crippen LogP contribution in [0.3, 0.4) is 0 Å². The molecule has 1 amide bonds. The van der Waals surface area contributed by atoms with Crippen molar-refractivity contribution in [1.29, 1.82) is 0 Å². The SMILES string of the molecule is CCOCCn1c(CN[C@@H](C)C(N)=O)nc2cc(C)c(-c3ccc(F)cc3)cc21. The van der Waals surface area contributed by atoms with Gasteiger partial charge < -0.3 is 15.0 Å². The maximum absolute atomic E-state index is 13.3. The first-order valence-electron chi connectivity index (χ1n) is 9.76. The second-order valence-electron chi connectivity index (χ2n) is 7.04. The summed E-state index contributed by atoms with van der Waals surface area (Å²) in [5.74, 6) is 0.144. The molecule has 7 heteroatoms. The van der Waals surface area contributed by atoms with Gasteiger partial charge in [-0.25, -0.2) is 9.37 Å². The predicted molar refractivity (Wildman–Crippen MR) is 112 cm³/mol. The number of benzene rings is 2. The van der Waals surface area contributed by atoms with Gasteiger partial charge in [0.2, 0.25) is 5.91 Å². The zero-order chi connectivity index (χ0) is 21.0. The molecular weight excluding hydrogens is 371 g/mol. The number of nitrogens with zero attached hydrogens (tertiary/aromatic N) is 2. The van der Waals surface area contributed by atoms with E-state index in [4.69, 9.17) is 15.5 Å². The predicted octanol–water partition coefficient (Wildman–Crippen LogP) is 3.15. The van der Waals surface area contributed by atoms with Crippen LogP contribution >= 0.6 is 0 Å². The molecule has 1 atom stereocenters. The highest BCUT2D eigenvalue weighted by Gasteiger charge is 2.16. The average molecular weight is 398 g/mol. The van der Waals surface area contributed by atoms with Gasteiger partial charge in [0.1, 0.15) is 11.6 Å². The number of ether oxygens (including phenoxy) is 1. The smallest absolute Gasteiger partial charge is 0.234 e.